The highest BCUT2D eigenvalue weighted by Gasteiger charge is 2.38. The van der Waals surface area contributed by atoms with Gasteiger partial charge in [-0.3, -0.25) is 9.69 Å². The third kappa shape index (κ3) is 16.4. The molecule has 0 aliphatic rings. The molecule has 1 aromatic carbocycles. The van der Waals surface area contributed by atoms with Crippen molar-refractivity contribution in [1.29, 1.82) is 0 Å². The quantitative estimate of drug-likeness (QED) is 0.0278. The Hall–Kier alpha value is -5.34. The van der Waals surface area contributed by atoms with Crippen molar-refractivity contribution in [3.63, 3.8) is 0 Å². The number of carbonyl (C=O) groups is 3. The van der Waals surface area contributed by atoms with Crippen LogP contribution in [0.1, 0.15) is 42.1 Å². The van der Waals surface area contributed by atoms with Crippen molar-refractivity contribution < 1.29 is 107 Å². The van der Waals surface area contributed by atoms with Crippen molar-refractivity contribution in [2.75, 3.05) is 38.6 Å². The fourth-order valence-corrected chi connectivity index (χ4v) is 6.42. The molecule has 0 radical (unpaired) electrons. The number of anilines is 1. The van der Waals surface area contributed by atoms with Crippen LogP contribution in [0, 0.1) is 0 Å². The molecule has 0 fully saturated rings. The molecular weight excluding hydrogens is 922 g/mol. The number of aliphatic hydroxyl groups is 10. The molecule has 0 saturated heterocycles. The van der Waals surface area contributed by atoms with Gasteiger partial charge in [-0.1, -0.05) is 6.07 Å². The molecule has 0 bridgehead atoms. The first-order valence-corrected chi connectivity index (χ1v) is 20.0. The Bertz CT molecular complexity index is 2160. The topological polar surface area (TPSA) is 388 Å². The normalized spacial score (nSPS) is 15.6. The van der Waals surface area contributed by atoms with Crippen molar-refractivity contribution in [3.8, 4) is 0 Å². The van der Waals surface area contributed by atoms with E-state index in [2.05, 4.69) is 29.4 Å². The number of H-pyrrole nitrogens is 1. The number of fused-ring (bicyclic) bond motifs is 2. The number of halogens is 6. The Labute approximate surface area is 375 Å². The van der Waals surface area contributed by atoms with Crippen LogP contribution in [0.5, 0.6) is 0 Å². The fraction of sp³-hybridized carbons (Fsp3) is 0.579. The minimum absolute atomic E-state index is 0.00705. The Balaban J connectivity index is 0.000000952. The van der Waals surface area contributed by atoms with E-state index in [1.807, 2.05) is 32.0 Å². The lowest BCUT2D eigenvalue weighted by molar-refractivity contribution is -0.676. The monoisotopic (exact) mass is 976 g/mol. The van der Waals surface area contributed by atoms with Crippen LogP contribution in [-0.4, -0.2) is 192 Å². The Morgan fingerprint density at radius 1 is 0.851 bits per heavy atom. The van der Waals surface area contributed by atoms with Crippen LogP contribution in [0.3, 0.4) is 0 Å². The number of aromatic nitrogens is 5. The van der Waals surface area contributed by atoms with Gasteiger partial charge >= 0.3 is 18.3 Å². The Morgan fingerprint density at radius 3 is 1.81 bits per heavy atom. The van der Waals surface area contributed by atoms with Crippen molar-refractivity contribution in [2.45, 2.75) is 108 Å². The van der Waals surface area contributed by atoms with Gasteiger partial charge in [0.05, 0.1) is 38.5 Å². The number of alkyl halides is 6. The standard InChI is InChI=1S/C34H52N8O11.2C2HF3O2/c1-3-41-20-8-7-18(12-21(20)42(4-2)26(41)13-37-34(53)27-32(35)39-33-19(38-27)9-10-36-33)6-5-11-40(14-22(45)28(49)30(51)24(47)16-43)15-23(46)29(50)31(52)25(48)17-44;2*3-2(4,5)1(6)7/h7-10,12,22-25,28-31,43-52H,3-6,11,13-17H2,1-2H3,(H3-,35,36,37,38,39,53);2*(H,6,7). The van der Waals surface area contributed by atoms with E-state index in [1.165, 1.54) is 4.90 Å². The highest BCUT2D eigenvalue weighted by atomic mass is 19.4. The first kappa shape index (κ1) is 57.8. The zero-order valence-corrected chi connectivity index (χ0v) is 35.7. The summed E-state index contributed by atoms with van der Waals surface area (Å²) in [6.07, 6.45) is -21.9. The number of nitrogens with two attached hydrogens (primary N) is 1. The highest BCUT2D eigenvalue weighted by Crippen LogP contribution is 2.20. The predicted octanol–water partition coefficient (Wildman–Crippen LogP) is -4.21. The second-order valence-electron chi connectivity index (χ2n) is 14.6. The molecule has 3 aromatic heterocycles. The van der Waals surface area contributed by atoms with Crippen molar-refractivity contribution in [1.82, 2.24) is 29.7 Å². The third-order valence-corrected chi connectivity index (χ3v) is 9.87. The van der Waals surface area contributed by atoms with Crippen molar-refractivity contribution in [3.05, 3.63) is 47.5 Å². The molecule has 8 atom stereocenters. The number of aryl methyl sites for hydroxylation is 3. The second-order valence-corrected chi connectivity index (χ2v) is 14.6. The first-order chi connectivity index (χ1) is 31.1. The van der Waals surface area contributed by atoms with Gasteiger partial charge in [0.25, 0.3) is 11.7 Å². The van der Waals surface area contributed by atoms with E-state index < -0.39 is 92.2 Å². The number of imidazole rings is 1. The van der Waals surface area contributed by atoms with Crippen LogP contribution in [0.15, 0.2) is 30.5 Å². The zero-order valence-electron chi connectivity index (χ0n) is 35.7. The minimum atomic E-state index is -5.19. The fourth-order valence-electron chi connectivity index (χ4n) is 6.42. The van der Waals surface area contributed by atoms with Crippen LogP contribution in [-0.2, 0) is 35.6 Å². The predicted molar refractivity (Wildman–Crippen MR) is 215 cm³/mol. The van der Waals surface area contributed by atoms with E-state index in [0.717, 1.165) is 22.4 Å². The summed E-state index contributed by atoms with van der Waals surface area (Å²) in [7, 11) is 0. The molecule has 4 aromatic rings. The maximum absolute atomic E-state index is 13.2. The van der Waals surface area contributed by atoms with Gasteiger partial charge in [0.15, 0.2) is 28.2 Å². The summed E-state index contributed by atoms with van der Waals surface area (Å²) in [6, 6.07) is 7.67. The largest absolute Gasteiger partial charge is 0.542 e. The molecule has 3 heterocycles. The summed E-state index contributed by atoms with van der Waals surface area (Å²) < 4.78 is 67.5. The second kappa shape index (κ2) is 25.7. The molecule has 0 spiro atoms. The van der Waals surface area contributed by atoms with Crippen LogP contribution < -0.4 is 20.7 Å². The highest BCUT2D eigenvalue weighted by molar-refractivity contribution is 5.98. The van der Waals surface area contributed by atoms with Crippen molar-refractivity contribution in [2.24, 2.45) is 0 Å². The zero-order chi connectivity index (χ0) is 51.1. The number of benzene rings is 1. The van der Waals surface area contributed by atoms with Gasteiger partial charge in [-0.15, -0.1) is 0 Å². The van der Waals surface area contributed by atoms with Gasteiger partial charge in [0, 0.05) is 19.3 Å². The number of nitrogens with one attached hydrogen (secondary N) is 2. The number of aliphatic hydroxyl groups excluding tert-OH is 10. The number of nitrogen functional groups attached to an aromatic ring is 1. The molecule has 23 nitrogen and oxygen atoms in total. The lowest BCUT2D eigenvalue weighted by Gasteiger charge is -2.33. The molecule has 0 aliphatic carbocycles. The number of carboxylic acids is 2. The minimum Gasteiger partial charge on any atom is -0.542 e. The molecule has 8 unspecified atom stereocenters. The summed E-state index contributed by atoms with van der Waals surface area (Å²) >= 11 is 0. The van der Waals surface area contributed by atoms with E-state index in [9.17, 15) is 72.0 Å². The van der Waals surface area contributed by atoms with Crippen LogP contribution in [0.25, 0.3) is 22.2 Å². The van der Waals surface area contributed by atoms with Gasteiger partial charge in [-0.2, -0.15) is 26.3 Å². The molecule has 0 saturated carbocycles. The number of carbonyl (C=O) groups excluding carboxylic acids is 2. The van der Waals surface area contributed by atoms with Crippen LogP contribution in [0.4, 0.5) is 32.2 Å². The summed E-state index contributed by atoms with van der Waals surface area (Å²) in [5, 5.41) is 119. The molecule has 4 rings (SSSR count). The molecule has 29 heteroatoms. The molecule has 1 amide bonds. The van der Waals surface area contributed by atoms with E-state index in [0.29, 0.717) is 37.1 Å². The lowest BCUT2D eigenvalue weighted by atomic mass is 10.0. The lowest BCUT2D eigenvalue weighted by Crippen LogP contribution is -2.53. The first-order valence-electron chi connectivity index (χ1n) is 20.0. The third-order valence-electron chi connectivity index (χ3n) is 9.87. The summed E-state index contributed by atoms with van der Waals surface area (Å²) in [6.45, 7) is 3.16. The van der Waals surface area contributed by atoms with Gasteiger partial charge in [0.2, 0.25) is 0 Å². The average Bonchev–Trinajstić information content (AvgIpc) is 3.86. The number of rotatable bonds is 21. The number of aromatic amines is 1. The molecule has 67 heavy (non-hydrogen) atoms. The van der Waals surface area contributed by atoms with E-state index in [-0.39, 0.29) is 37.7 Å². The van der Waals surface area contributed by atoms with Gasteiger partial charge in [-0.05, 0) is 57.0 Å². The molecule has 15 N–H and O–H groups in total. The van der Waals surface area contributed by atoms with Crippen LogP contribution in [0.2, 0.25) is 0 Å². The smallest absolute Gasteiger partial charge is 0.490 e. The summed E-state index contributed by atoms with van der Waals surface area (Å²) in [5.41, 5.74) is 9.85. The number of nitrogens with zero attached hydrogens (tertiary/aromatic N) is 5. The van der Waals surface area contributed by atoms with Crippen LogP contribution >= 0.6 is 0 Å². The SMILES string of the molecule is CCn1c(CNC(=O)c2nc3cc[nH]c3nc2N)[n+](CC)c2cc(CCCN(CC(O)C(O)C(O)C(O)CO)CC(O)C(O)C(O)C(O)CO)ccc21.O=C(O)C(F)(F)F.O=C([O-])C(F)(F)F. The Morgan fingerprint density at radius 2 is 1.36 bits per heavy atom. The van der Waals surface area contributed by atoms with E-state index in [1.54, 1.807) is 12.3 Å². The maximum Gasteiger partial charge on any atom is 0.490 e. The van der Waals surface area contributed by atoms with E-state index >= 15 is 0 Å². The summed E-state index contributed by atoms with van der Waals surface area (Å²) in [4.78, 5) is 43.8. The summed E-state index contributed by atoms with van der Waals surface area (Å²) in [5.74, 6) is -5.38. The number of carboxylic acid groups (broad SMARTS) is 2. The number of amides is 1. The molecule has 0 aliphatic heterocycles. The molecule has 378 valence electrons. The number of hydrogen-bond donors (Lipinski definition) is 14. The number of aliphatic carboxylic acids is 2. The Kier molecular flexibility index (Phi) is 22.2. The van der Waals surface area contributed by atoms with E-state index in [4.69, 9.17) is 35.7 Å². The number of hydrogen-bond acceptors (Lipinski definition) is 18. The van der Waals surface area contributed by atoms with Gasteiger partial charge in [-0.25, -0.2) is 23.9 Å². The maximum atomic E-state index is 13.2. The van der Waals surface area contributed by atoms with Gasteiger partial charge < -0.3 is 82.1 Å². The average molecular weight is 977 g/mol. The van der Waals surface area contributed by atoms with Gasteiger partial charge in [0.1, 0.15) is 54.7 Å². The molecular formula is C38H54F6N8O15. The van der Waals surface area contributed by atoms with Crippen molar-refractivity contribution >= 4 is 45.9 Å².